The highest BCUT2D eigenvalue weighted by Crippen LogP contribution is 2.28. The summed E-state index contributed by atoms with van der Waals surface area (Å²) < 4.78 is 0. The standard InChI is InChI=1S/C19H17ClN6O2/c1-10(19(28)22-2)24-16-8-17(27)26-14-4-3-11(7-12(14)16)25-15-5-6-23-18(20)13(15)9-21/h3-8,10H,1-2H3,(H,22,28)(H,23,25)(H2,24,26,27)/t10-/m1/s1. The number of carbonyl (C=O) groups excluding carboxylic acids is 1. The second kappa shape index (κ2) is 7.98. The Morgan fingerprint density at radius 1 is 1.29 bits per heavy atom. The highest BCUT2D eigenvalue weighted by Gasteiger charge is 2.14. The van der Waals surface area contributed by atoms with Gasteiger partial charge in [-0.15, -0.1) is 0 Å². The quantitative estimate of drug-likeness (QED) is 0.492. The summed E-state index contributed by atoms with van der Waals surface area (Å²) in [5.41, 5.74) is 2.27. The molecule has 28 heavy (non-hydrogen) atoms. The SMILES string of the molecule is CNC(=O)[C@@H](C)Nc1cc(=O)[nH]c2ccc(Nc3ccnc(Cl)c3C#N)cc12. The molecule has 0 unspecified atom stereocenters. The Morgan fingerprint density at radius 2 is 2.07 bits per heavy atom. The van der Waals surface area contributed by atoms with E-state index < -0.39 is 6.04 Å². The molecule has 2 aromatic heterocycles. The van der Waals surface area contributed by atoms with Gasteiger partial charge in [0.2, 0.25) is 11.5 Å². The fourth-order valence-corrected chi connectivity index (χ4v) is 2.97. The van der Waals surface area contributed by atoms with E-state index in [1.165, 1.54) is 12.3 Å². The van der Waals surface area contributed by atoms with Crippen LogP contribution >= 0.6 is 11.6 Å². The van der Waals surface area contributed by atoms with Crippen LogP contribution in [0, 0.1) is 11.3 Å². The van der Waals surface area contributed by atoms with Gasteiger partial charge in [-0.2, -0.15) is 5.26 Å². The van der Waals surface area contributed by atoms with Crippen molar-refractivity contribution in [3.63, 3.8) is 0 Å². The Morgan fingerprint density at radius 3 is 2.79 bits per heavy atom. The van der Waals surface area contributed by atoms with Gasteiger partial charge in [0.25, 0.3) is 0 Å². The Bertz CT molecular complexity index is 1150. The molecule has 2 heterocycles. The van der Waals surface area contributed by atoms with Crippen molar-refractivity contribution in [2.24, 2.45) is 0 Å². The van der Waals surface area contributed by atoms with Crippen LogP contribution in [0.2, 0.25) is 5.15 Å². The topological polar surface area (TPSA) is 123 Å². The van der Waals surface area contributed by atoms with Gasteiger partial charge in [0, 0.05) is 36.1 Å². The normalized spacial score (nSPS) is 11.5. The summed E-state index contributed by atoms with van der Waals surface area (Å²) in [5.74, 6) is -0.201. The Hall–Kier alpha value is -3.57. The van der Waals surface area contributed by atoms with Crippen molar-refractivity contribution < 1.29 is 4.79 Å². The van der Waals surface area contributed by atoms with E-state index in [2.05, 4.69) is 25.9 Å². The molecule has 1 atom stereocenters. The molecule has 0 aliphatic heterocycles. The summed E-state index contributed by atoms with van der Waals surface area (Å²) in [6.07, 6.45) is 1.50. The number of pyridine rings is 2. The number of benzene rings is 1. The zero-order valence-electron chi connectivity index (χ0n) is 15.1. The molecule has 3 aromatic rings. The number of aromatic amines is 1. The van der Waals surface area contributed by atoms with Crippen molar-refractivity contribution in [3.05, 3.63) is 57.6 Å². The van der Waals surface area contributed by atoms with Crippen molar-refractivity contribution >= 4 is 45.5 Å². The van der Waals surface area contributed by atoms with Crippen molar-refractivity contribution in [2.75, 3.05) is 17.7 Å². The maximum absolute atomic E-state index is 12.0. The number of hydrogen-bond acceptors (Lipinski definition) is 6. The minimum absolute atomic E-state index is 0.111. The van der Waals surface area contributed by atoms with Gasteiger partial charge in [-0.1, -0.05) is 11.6 Å². The summed E-state index contributed by atoms with van der Waals surface area (Å²) in [4.78, 5) is 30.4. The first-order valence-corrected chi connectivity index (χ1v) is 8.77. The fourth-order valence-electron chi connectivity index (χ4n) is 2.77. The van der Waals surface area contributed by atoms with E-state index in [0.717, 1.165) is 0 Å². The van der Waals surface area contributed by atoms with Crippen LogP contribution in [0.15, 0.2) is 41.3 Å². The third-order valence-corrected chi connectivity index (χ3v) is 4.44. The number of likely N-dealkylation sites (N-methyl/N-ethyl adjacent to an activating group) is 1. The molecule has 8 nitrogen and oxygen atoms in total. The molecule has 3 rings (SSSR count). The lowest BCUT2D eigenvalue weighted by Crippen LogP contribution is -2.35. The van der Waals surface area contributed by atoms with E-state index in [1.54, 1.807) is 38.2 Å². The number of amides is 1. The molecular weight excluding hydrogens is 380 g/mol. The smallest absolute Gasteiger partial charge is 0.250 e. The summed E-state index contributed by atoms with van der Waals surface area (Å²) in [5, 5.41) is 18.9. The third kappa shape index (κ3) is 3.89. The van der Waals surface area contributed by atoms with Crippen LogP contribution in [0.25, 0.3) is 10.9 Å². The fraction of sp³-hybridized carbons (Fsp3) is 0.158. The van der Waals surface area contributed by atoms with Crippen molar-refractivity contribution in [2.45, 2.75) is 13.0 Å². The third-order valence-electron chi connectivity index (χ3n) is 4.15. The molecule has 0 radical (unpaired) electrons. The van der Waals surface area contributed by atoms with Crippen molar-refractivity contribution in [1.29, 1.82) is 5.26 Å². The van der Waals surface area contributed by atoms with Crippen LogP contribution in [0.5, 0.6) is 0 Å². The molecule has 0 fully saturated rings. The minimum Gasteiger partial charge on any atom is -0.373 e. The number of halogens is 1. The maximum atomic E-state index is 12.0. The van der Waals surface area contributed by atoms with Crippen LogP contribution in [-0.4, -0.2) is 29.0 Å². The number of aromatic nitrogens is 2. The van der Waals surface area contributed by atoms with Crippen molar-refractivity contribution in [1.82, 2.24) is 15.3 Å². The van der Waals surface area contributed by atoms with Gasteiger partial charge in [-0.3, -0.25) is 9.59 Å². The highest BCUT2D eigenvalue weighted by molar-refractivity contribution is 6.31. The number of nitriles is 1. The van der Waals surface area contributed by atoms with Crippen LogP contribution in [0.4, 0.5) is 17.1 Å². The number of hydrogen-bond donors (Lipinski definition) is 4. The predicted molar refractivity (Wildman–Crippen MR) is 109 cm³/mol. The number of H-pyrrole nitrogens is 1. The lowest BCUT2D eigenvalue weighted by atomic mass is 10.1. The van der Waals surface area contributed by atoms with Gasteiger partial charge in [-0.05, 0) is 31.2 Å². The molecule has 0 bridgehead atoms. The monoisotopic (exact) mass is 396 g/mol. The van der Waals surface area contributed by atoms with E-state index in [1.807, 2.05) is 6.07 Å². The number of carbonyl (C=O) groups is 1. The van der Waals surface area contributed by atoms with E-state index in [0.29, 0.717) is 28.0 Å². The van der Waals surface area contributed by atoms with Crippen LogP contribution < -0.4 is 21.5 Å². The van der Waals surface area contributed by atoms with E-state index in [9.17, 15) is 14.9 Å². The molecule has 1 aromatic carbocycles. The number of nitrogens with zero attached hydrogens (tertiary/aromatic N) is 2. The van der Waals surface area contributed by atoms with E-state index >= 15 is 0 Å². The van der Waals surface area contributed by atoms with Gasteiger partial charge in [0.1, 0.15) is 22.8 Å². The minimum atomic E-state index is -0.532. The molecule has 1 amide bonds. The first-order valence-electron chi connectivity index (χ1n) is 8.39. The predicted octanol–water partition coefficient (Wildman–Crippen LogP) is 2.74. The molecule has 0 aliphatic carbocycles. The zero-order valence-corrected chi connectivity index (χ0v) is 15.9. The summed E-state index contributed by atoms with van der Waals surface area (Å²) >= 11 is 5.97. The average Bonchev–Trinajstić information content (AvgIpc) is 2.67. The number of anilines is 3. The van der Waals surface area contributed by atoms with Gasteiger partial charge in [0.15, 0.2) is 0 Å². The second-order valence-corrected chi connectivity index (χ2v) is 6.41. The first kappa shape index (κ1) is 19.2. The number of rotatable bonds is 5. The van der Waals surface area contributed by atoms with E-state index in [4.69, 9.17) is 11.6 Å². The molecule has 0 saturated heterocycles. The summed E-state index contributed by atoms with van der Waals surface area (Å²) in [7, 11) is 1.55. The van der Waals surface area contributed by atoms with Gasteiger partial charge < -0.3 is 20.9 Å². The van der Waals surface area contributed by atoms with E-state index in [-0.39, 0.29) is 22.2 Å². The lowest BCUT2D eigenvalue weighted by Gasteiger charge is -2.16. The molecule has 0 aliphatic rings. The van der Waals surface area contributed by atoms with Crippen LogP contribution in [0.1, 0.15) is 12.5 Å². The Balaban J connectivity index is 2.03. The lowest BCUT2D eigenvalue weighted by molar-refractivity contribution is -0.121. The molecule has 0 saturated carbocycles. The zero-order chi connectivity index (χ0) is 20.3. The number of fused-ring (bicyclic) bond motifs is 1. The Kier molecular flexibility index (Phi) is 5.47. The number of nitrogens with one attached hydrogen (secondary N) is 4. The second-order valence-electron chi connectivity index (χ2n) is 6.05. The molecular formula is C19H17ClN6O2. The van der Waals surface area contributed by atoms with Crippen LogP contribution in [-0.2, 0) is 4.79 Å². The first-order chi connectivity index (χ1) is 13.4. The van der Waals surface area contributed by atoms with Gasteiger partial charge in [-0.25, -0.2) is 4.98 Å². The average molecular weight is 397 g/mol. The summed E-state index contributed by atoms with van der Waals surface area (Å²) in [6, 6.07) is 9.85. The molecule has 4 N–H and O–H groups in total. The summed E-state index contributed by atoms with van der Waals surface area (Å²) in [6.45, 7) is 1.70. The van der Waals surface area contributed by atoms with Crippen molar-refractivity contribution in [3.8, 4) is 6.07 Å². The Labute approximate surface area is 165 Å². The maximum Gasteiger partial charge on any atom is 0.250 e. The van der Waals surface area contributed by atoms with Crippen LogP contribution in [0.3, 0.4) is 0 Å². The highest BCUT2D eigenvalue weighted by atomic mass is 35.5. The van der Waals surface area contributed by atoms with Gasteiger partial charge >= 0.3 is 0 Å². The van der Waals surface area contributed by atoms with Gasteiger partial charge in [0.05, 0.1) is 11.2 Å². The largest absolute Gasteiger partial charge is 0.373 e. The molecule has 9 heteroatoms. The molecule has 0 spiro atoms. The molecule has 142 valence electrons.